The van der Waals surface area contributed by atoms with Gasteiger partial charge in [0.05, 0.1) is 12.2 Å². The minimum absolute atomic E-state index is 0.0148. The standard InChI is InChI=1S/C13H18N2O3/c1-8(2)17-13-11(18-9-4-5-9)7-6-10(15-13)12(16)14-3/h6-9H,4-5H2,1-3H3,(H,14,16). The van der Waals surface area contributed by atoms with Crippen LogP contribution in [0.3, 0.4) is 0 Å². The van der Waals surface area contributed by atoms with E-state index in [0.29, 0.717) is 17.3 Å². The van der Waals surface area contributed by atoms with Gasteiger partial charge in [0.15, 0.2) is 5.75 Å². The Balaban J connectivity index is 2.24. The van der Waals surface area contributed by atoms with Gasteiger partial charge in [0.2, 0.25) is 0 Å². The molecule has 0 bridgehead atoms. The van der Waals surface area contributed by atoms with Crippen molar-refractivity contribution in [2.45, 2.75) is 38.9 Å². The Morgan fingerprint density at radius 3 is 2.72 bits per heavy atom. The number of carbonyl (C=O) groups is 1. The molecule has 0 radical (unpaired) electrons. The Hall–Kier alpha value is -1.78. The van der Waals surface area contributed by atoms with Crippen molar-refractivity contribution in [3.05, 3.63) is 17.8 Å². The third kappa shape index (κ3) is 3.12. The summed E-state index contributed by atoms with van der Waals surface area (Å²) in [4.78, 5) is 15.7. The number of nitrogens with zero attached hydrogens (tertiary/aromatic N) is 1. The molecule has 5 nitrogen and oxygen atoms in total. The molecule has 1 aromatic rings. The highest BCUT2D eigenvalue weighted by atomic mass is 16.5. The van der Waals surface area contributed by atoms with Crippen LogP contribution in [0.5, 0.6) is 11.6 Å². The number of aromatic nitrogens is 1. The fraction of sp³-hybridized carbons (Fsp3) is 0.538. The largest absolute Gasteiger partial charge is 0.485 e. The van der Waals surface area contributed by atoms with Crippen molar-refractivity contribution in [3.8, 4) is 11.6 Å². The van der Waals surface area contributed by atoms with Gasteiger partial charge in [0.1, 0.15) is 5.69 Å². The fourth-order valence-electron chi connectivity index (χ4n) is 1.45. The number of pyridine rings is 1. The summed E-state index contributed by atoms with van der Waals surface area (Å²) >= 11 is 0. The predicted octanol–water partition coefficient (Wildman–Crippen LogP) is 1.77. The smallest absolute Gasteiger partial charge is 0.269 e. The molecule has 1 amide bonds. The van der Waals surface area contributed by atoms with Gasteiger partial charge in [-0.05, 0) is 38.8 Å². The minimum atomic E-state index is -0.235. The monoisotopic (exact) mass is 250 g/mol. The first-order valence-corrected chi connectivity index (χ1v) is 6.16. The average Bonchev–Trinajstić information content (AvgIpc) is 3.13. The number of hydrogen-bond donors (Lipinski definition) is 1. The third-order valence-corrected chi connectivity index (χ3v) is 2.45. The normalized spacial score (nSPS) is 14.4. The van der Waals surface area contributed by atoms with Crippen molar-refractivity contribution in [3.63, 3.8) is 0 Å². The Kier molecular flexibility index (Phi) is 3.69. The molecule has 2 rings (SSSR count). The summed E-state index contributed by atoms with van der Waals surface area (Å²) < 4.78 is 11.3. The molecule has 0 saturated heterocycles. The molecule has 0 atom stereocenters. The van der Waals surface area contributed by atoms with Gasteiger partial charge >= 0.3 is 0 Å². The highest BCUT2D eigenvalue weighted by molar-refractivity contribution is 5.92. The van der Waals surface area contributed by atoms with Gasteiger partial charge in [-0.2, -0.15) is 0 Å². The number of ether oxygens (including phenoxy) is 2. The second-order valence-corrected chi connectivity index (χ2v) is 4.56. The zero-order valence-corrected chi connectivity index (χ0v) is 10.9. The molecule has 1 aromatic heterocycles. The summed E-state index contributed by atoms with van der Waals surface area (Å²) in [6, 6.07) is 3.39. The third-order valence-electron chi connectivity index (χ3n) is 2.45. The number of amides is 1. The zero-order valence-electron chi connectivity index (χ0n) is 10.9. The van der Waals surface area contributed by atoms with E-state index in [2.05, 4.69) is 10.3 Å². The quantitative estimate of drug-likeness (QED) is 0.865. The molecule has 1 fully saturated rings. The van der Waals surface area contributed by atoms with Crippen LogP contribution in [0.1, 0.15) is 37.2 Å². The predicted molar refractivity (Wildman–Crippen MR) is 67.0 cm³/mol. The topological polar surface area (TPSA) is 60.5 Å². The molecule has 0 aromatic carbocycles. The van der Waals surface area contributed by atoms with Crippen molar-refractivity contribution in [1.82, 2.24) is 10.3 Å². The second-order valence-electron chi connectivity index (χ2n) is 4.56. The molecule has 0 spiro atoms. The van der Waals surface area contributed by atoms with E-state index in [0.717, 1.165) is 12.8 Å². The molecule has 5 heteroatoms. The highest BCUT2D eigenvalue weighted by Gasteiger charge is 2.26. The van der Waals surface area contributed by atoms with E-state index in [1.165, 1.54) is 0 Å². The first-order valence-electron chi connectivity index (χ1n) is 6.16. The lowest BCUT2D eigenvalue weighted by atomic mass is 10.3. The van der Waals surface area contributed by atoms with Crippen molar-refractivity contribution in [1.29, 1.82) is 0 Å². The zero-order chi connectivity index (χ0) is 13.1. The van der Waals surface area contributed by atoms with Crippen molar-refractivity contribution in [2.24, 2.45) is 0 Å². The lowest BCUT2D eigenvalue weighted by Gasteiger charge is -2.14. The molecule has 0 unspecified atom stereocenters. The Morgan fingerprint density at radius 2 is 2.17 bits per heavy atom. The van der Waals surface area contributed by atoms with E-state index in [4.69, 9.17) is 9.47 Å². The number of hydrogen-bond acceptors (Lipinski definition) is 4. The average molecular weight is 250 g/mol. The molecule has 0 aliphatic heterocycles. The summed E-state index contributed by atoms with van der Waals surface area (Å²) in [6.45, 7) is 3.82. The molecular weight excluding hydrogens is 232 g/mol. The maximum absolute atomic E-state index is 11.5. The number of nitrogens with one attached hydrogen (secondary N) is 1. The van der Waals surface area contributed by atoms with E-state index >= 15 is 0 Å². The van der Waals surface area contributed by atoms with Gasteiger partial charge in [-0.15, -0.1) is 0 Å². The van der Waals surface area contributed by atoms with Gasteiger partial charge in [-0.3, -0.25) is 4.79 Å². The molecule has 98 valence electrons. The lowest BCUT2D eigenvalue weighted by Crippen LogP contribution is -2.20. The van der Waals surface area contributed by atoms with Crippen LogP contribution >= 0.6 is 0 Å². The molecule has 1 aliphatic carbocycles. The first kappa shape index (κ1) is 12.7. The van der Waals surface area contributed by atoms with Crippen LogP contribution in [0.2, 0.25) is 0 Å². The van der Waals surface area contributed by atoms with E-state index < -0.39 is 0 Å². The number of carbonyl (C=O) groups excluding carboxylic acids is 1. The SMILES string of the molecule is CNC(=O)c1ccc(OC2CC2)c(OC(C)C)n1. The van der Waals surface area contributed by atoms with Crippen LogP contribution < -0.4 is 14.8 Å². The highest BCUT2D eigenvalue weighted by Crippen LogP contribution is 2.32. The maximum atomic E-state index is 11.5. The summed E-state index contributed by atoms with van der Waals surface area (Å²) in [6.07, 6.45) is 2.39. The summed E-state index contributed by atoms with van der Waals surface area (Å²) in [5, 5.41) is 2.54. The van der Waals surface area contributed by atoms with Crippen LogP contribution in [0, 0.1) is 0 Å². The lowest BCUT2D eigenvalue weighted by molar-refractivity contribution is 0.0956. The molecule has 1 aliphatic rings. The molecule has 1 saturated carbocycles. The van der Waals surface area contributed by atoms with Crippen LogP contribution in [-0.4, -0.2) is 30.1 Å². The second kappa shape index (κ2) is 5.25. The van der Waals surface area contributed by atoms with Crippen LogP contribution in [0.25, 0.3) is 0 Å². The van der Waals surface area contributed by atoms with Gasteiger partial charge in [0.25, 0.3) is 11.8 Å². The van der Waals surface area contributed by atoms with Crippen LogP contribution in [-0.2, 0) is 0 Å². The van der Waals surface area contributed by atoms with E-state index in [1.54, 1.807) is 19.2 Å². The van der Waals surface area contributed by atoms with Crippen LogP contribution in [0.4, 0.5) is 0 Å². The Bertz CT molecular complexity index is 442. The summed E-state index contributed by atoms with van der Waals surface area (Å²) in [5.41, 5.74) is 0.330. The molecule has 1 N–H and O–H groups in total. The number of rotatable bonds is 5. The Labute approximate surface area is 107 Å². The van der Waals surface area contributed by atoms with Gasteiger partial charge in [0, 0.05) is 7.05 Å². The van der Waals surface area contributed by atoms with E-state index in [9.17, 15) is 4.79 Å². The van der Waals surface area contributed by atoms with E-state index in [-0.39, 0.29) is 18.1 Å². The fourth-order valence-corrected chi connectivity index (χ4v) is 1.45. The van der Waals surface area contributed by atoms with Crippen molar-refractivity contribution >= 4 is 5.91 Å². The Morgan fingerprint density at radius 1 is 1.44 bits per heavy atom. The molecular formula is C13H18N2O3. The van der Waals surface area contributed by atoms with Crippen molar-refractivity contribution in [2.75, 3.05) is 7.05 Å². The first-order chi connectivity index (χ1) is 8.60. The summed E-state index contributed by atoms with van der Waals surface area (Å²) in [7, 11) is 1.57. The molecule has 18 heavy (non-hydrogen) atoms. The summed E-state index contributed by atoms with van der Waals surface area (Å²) in [5.74, 6) is 0.762. The van der Waals surface area contributed by atoms with Crippen molar-refractivity contribution < 1.29 is 14.3 Å². The van der Waals surface area contributed by atoms with Gasteiger partial charge in [-0.1, -0.05) is 0 Å². The van der Waals surface area contributed by atoms with Gasteiger partial charge in [-0.25, -0.2) is 4.98 Å². The van der Waals surface area contributed by atoms with E-state index in [1.807, 2.05) is 13.8 Å². The minimum Gasteiger partial charge on any atom is -0.485 e. The van der Waals surface area contributed by atoms with Crippen LogP contribution in [0.15, 0.2) is 12.1 Å². The van der Waals surface area contributed by atoms with Gasteiger partial charge < -0.3 is 14.8 Å². The maximum Gasteiger partial charge on any atom is 0.269 e. The molecule has 1 heterocycles.